The molecule has 0 aliphatic heterocycles. The van der Waals surface area contributed by atoms with E-state index in [0.717, 1.165) is 11.3 Å². The lowest BCUT2D eigenvalue weighted by molar-refractivity contribution is -0.107. The van der Waals surface area contributed by atoms with E-state index in [1.807, 2.05) is 36.4 Å². The molecule has 2 nitrogen and oxygen atoms in total. The Morgan fingerprint density at radius 1 is 0.952 bits per heavy atom. The minimum Gasteiger partial charge on any atom is -0.352 e. The molecule has 2 aromatic rings. The van der Waals surface area contributed by atoms with Crippen molar-refractivity contribution in [3.8, 4) is 0 Å². The van der Waals surface area contributed by atoms with E-state index in [0.29, 0.717) is 0 Å². The van der Waals surface area contributed by atoms with E-state index >= 15 is 0 Å². The van der Waals surface area contributed by atoms with Crippen LogP contribution in [0.4, 0.5) is 0 Å². The second kappa shape index (κ2) is 8.67. The van der Waals surface area contributed by atoms with Crippen LogP contribution in [-0.4, -0.2) is 20.0 Å². The Balaban J connectivity index is 1.99. The maximum atomic E-state index is 5.35. The van der Waals surface area contributed by atoms with E-state index in [1.54, 1.807) is 26.0 Å². The summed E-state index contributed by atoms with van der Waals surface area (Å²) >= 11 is 1.78. The molecule has 0 saturated heterocycles. The molecule has 0 fully saturated rings. The Morgan fingerprint density at radius 2 is 1.62 bits per heavy atom. The molecule has 0 atom stereocenters. The van der Waals surface area contributed by atoms with Gasteiger partial charge in [-0.3, -0.25) is 0 Å². The SMILES string of the molecule is COC(OC)c1ccccc1SC/C=C/c1ccccc1. The summed E-state index contributed by atoms with van der Waals surface area (Å²) in [5, 5.41) is 0. The predicted molar refractivity (Wildman–Crippen MR) is 89.4 cm³/mol. The van der Waals surface area contributed by atoms with Gasteiger partial charge in [0.1, 0.15) is 0 Å². The molecule has 0 bridgehead atoms. The monoisotopic (exact) mass is 300 g/mol. The minimum atomic E-state index is -0.313. The first-order valence-electron chi connectivity index (χ1n) is 6.84. The molecule has 0 aliphatic carbocycles. The number of hydrogen-bond acceptors (Lipinski definition) is 3. The van der Waals surface area contributed by atoms with Crippen LogP contribution in [0.1, 0.15) is 17.4 Å². The van der Waals surface area contributed by atoms with Crippen LogP contribution in [0, 0.1) is 0 Å². The predicted octanol–water partition coefficient (Wildman–Crippen LogP) is 4.78. The van der Waals surface area contributed by atoms with E-state index in [4.69, 9.17) is 9.47 Å². The van der Waals surface area contributed by atoms with Gasteiger partial charge in [-0.05, 0) is 11.6 Å². The molecule has 0 aromatic heterocycles. The highest BCUT2D eigenvalue weighted by atomic mass is 32.2. The van der Waals surface area contributed by atoms with Crippen molar-refractivity contribution in [3.63, 3.8) is 0 Å². The number of benzene rings is 2. The minimum absolute atomic E-state index is 0.313. The van der Waals surface area contributed by atoms with E-state index in [-0.39, 0.29) is 6.29 Å². The van der Waals surface area contributed by atoms with Gasteiger partial charge in [0.25, 0.3) is 0 Å². The van der Waals surface area contributed by atoms with Crippen LogP contribution in [0.15, 0.2) is 65.6 Å². The summed E-state index contributed by atoms with van der Waals surface area (Å²) in [4.78, 5) is 1.18. The lowest BCUT2D eigenvalue weighted by Crippen LogP contribution is -2.04. The summed E-state index contributed by atoms with van der Waals surface area (Å²) in [6, 6.07) is 18.5. The largest absolute Gasteiger partial charge is 0.352 e. The molecule has 0 spiro atoms. The first kappa shape index (κ1) is 15.8. The first-order chi connectivity index (χ1) is 10.3. The molecule has 2 rings (SSSR count). The van der Waals surface area contributed by atoms with E-state index in [9.17, 15) is 0 Å². The van der Waals surface area contributed by atoms with Crippen LogP contribution in [-0.2, 0) is 9.47 Å². The van der Waals surface area contributed by atoms with Gasteiger partial charge >= 0.3 is 0 Å². The Labute approximate surface area is 130 Å². The zero-order valence-corrected chi connectivity index (χ0v) is 13.2. The standard InChI is InChI=1S/C18H20O2S/c1-19-18(20-2)16-12-6-7-13-17(16)21-14-8-11-15-9-4-3-5-10-15/h3-13,18H,14H2,1-2H3/b11-8+. The van der Waals surface area contributed by atoms with Crippen molar-refractivity contribution >= 4 is 17.8 Å². The fourth-order valence-corrected chi connectivity index (χ4v) is 2.92. The van der Waals surface area contributed by atoms with Crippen LogP contribution >= 0.6 is 11.8 Å². The molecule has 0 saturated carbocycles. The second-order valence-corrected chi connectivity index (χ2v) is 5.53. The Bertz CT molecular complexity index is 562. The maximum Gasteiger partial charge on any atom is 0.184 e. The number of hydrogen-bond donors (Lipinski definition) is 0. The zero-order chi connectivity index (χ0) is 14.9. The molecular weight excluding hydrogens is 280 g/mol. The van der Waals surface area contributed by atoms with Gasteiger partial charge in [-0.25, -0.2) is 0 Å². The van der Waals surface area contributed by atoms with Gasteiger partial charge in [0.05, 0.1) is 0 Å². The molecule has 21 heavy (non-hydrogen) atoms. The van der Waals surface area contributed by atoms with Crippen LogP contribution in [0.2, 0.25) is 0 Å². The molecular formula is C18H20O2S. The van der Waals surface area contributed by atoms with Gasteiger partial charge in [0.2, 0.25) is 0 Å². The Kier molecular flexibility index (Phi) is 6.54. The number of ether oxygens (including phenoxy) is 2. The summed E-state index contributed by atoms with van der Waals surface area (Å²) < 4.78 is 10.7. The molecule has 3 heteroatoms. The molecule has 0 N–H and O–H groups in total. The molecule has 0 aliphatic rings. The number of thioether (sulfide) groups is 1. The van der Waals surface area contributed by atoms with Gasteiger partial charge in [-0.15, -0.1) is 11.8 Å². The van der Waals surface area contributed by atoms with Crippen LogP contribution in [0.3, 0.4) is 0 Å². The van der Waals surface area contributed by atoms with Crippen molar-refractivity contribution < 1.29 is 9.47 Å². The summed E-state index contributed by atoms with van der Waals surface area (Å²) in [6.07, 6.45) is 4.00. The fourth-order valence-electron chi connectivity index (χ4n) is 2.04. The zero-order valence-electron chi connectivity index (χ0n) is 12.4. The van der Waals surface area contributed by atoms with Crippen molar-refractivity contribution in [1.29, 1.82) is 0 Å². The second-order valence-electron chi connectivity index (χ2n) is 4.47. The highest BCUT2D eigenvalue weighted by Gasteiger charge is 2.12. The average Bonchev–Trinajstić information content (AvgIpc) is 2.55. The number of methoxy groups -OCH3 is 2. The molecule has 110 valence electrons. The van der Waals surface area contributed by atoms with Crippen molar-refractivity contribution in [3.05, 3.63) is 71.8 Å². The topological polar surface area (TPSA) is 18.5 Å². The van der Waals surface area contributed by atoms with Crippen LogP contribution in [0.25, 0.3) is 6.08 Å². The smallest absolute Gasteiger partial charge is 0.184 e. The summed E-state index contributed by atoms with van der Waals surface area (Å²) in [6.45, 7) is 0. The van der Waals surface area contributed by atoms with Crippen LogP contribution in [0.5, 0.6) is 0 Å². The molecule has 2 aromatic carbocycles. The third kappa shape index (κ3) is 4.74. The van der Waals surface area contributed by atoms with Crippen LogP contribution < -0.4 is 0 Å². The van der Waals surface area contributed by atoms with E-state index in [1.165, 1.54) is 10.5 Å². The first-order valence-corrected chi connectivity index (χ1v) is 7.82. The summed E-state index contributed by atoms with van der Waals surface area (Å²) in [5.74, 6) is 0.909. The average molecular weight is 300 g/mol. The lowest BCUT2D eigenvalue weighted by Gasteiger charge is -2.16. The molecule has 0 heterocycles. The third-order valence-electron chi connectivity index (χ3n) is 3.05. The third-order valence-corrected chi connectivity index (χ3v) is 4.09. The maximum absolute atomic E-state index is 5.35. The van der Waals surface area contributed by atoms with Gasteiger partial charge < -0.3 is 9.47 Å². The van der Waals surface area contributed by atoms with Crippen molar-refractivity contribution in [1.82, 2.24) is 0 Å². The van der Waals surface area contributed by atoms with Crippen molar-refractivity contribution in [2.24, 2.45) is 0 Å². The number of rotatable bonds is 7. The molecule has 0 radical (unpaired) electrons. The van der Waals surface area contributed by atoms with Gasteiger partial charge in [-0.2, -0.15) is 0 Å². The Morgan fingerprint density at radius 3 is 2.33 bits per heavy atom. The normalized spacial score (nSPS) is 11.4. The molecule has 0 unspecified atom stereocenters. The van der Waals surface area contributed by atoms with Gasteiger partial charge in [-0.1, -0.05) is 60.7 Å². The van der Waals surface area contributed by atoms with Gasteiger partial charge in [0.15, 0.2) is 6.29 Å². The summed E-state index contributed by atoms with van der Waals surface area (Å²) in [7, 11) is 3.32. The highest BCUT2D eigenvalue weighted by Crippen LogP contribution is 2.29. The van der Waals surface area contributed by atoms with E-state index in [2.05, 4.69) is 30.4 Å². The Hall–Kier alpha value is -1.55. The van der Waals surface area contributed by atoms with E-state index < -0.39 is 0 Å². The fraction of sp³-hybridized carbons (Fsp3) is 0.222. The van der Waals surface area contributed by atoms with Crippen molar-refractivity contribution in [2.75, 3.05) is 20.0 Å². The lowest BCUT2D eigenvalue weighted by atomic mass is 10.2. The van der Waals surface area contributed by atoms with Gasteiger partial charge in [0, 0.05) is 30.4 Å². The quantitative estimate of drug-likeness (QED) is 0.541. The summed E-state index contributed by atoms with van der Waals surface area (Å²) in [5.41, 5.74) is 2.29. The highest BCUT2D eigenvalue weighted by molar-refractivity contribution is 7.99. The van der Waals surface area contributed by atoms with Crippen molar-refractivity contribution in [2.45, 2.75) is 11.2 Å². The molecule has 0 amide bonds.